The molecule has 33 heavy (non-hydrogen) atoms. The van der Waals surface area contributed by atoms with E-state index in [2.05, 4.69) is 10.6 Å². The number of halogens is 1. The van der Waals surface area contributed by atoms with Crippen LogP contribution < -0.4 is 16.1 Å². The quantitative estimate of drug-likeness (QED) is 0.332. The Bertz CT molecular complexity index is 952. The van der Waals surface area contributed by atoms with Crippen LogP contribution in [0.25, 0.3) is 0 Å². The zero-order valence-electron chi connectivity index (χ0n) is 18.6. The average molecular weight is 472 g/mol. The van der Waals surface area contributed by atoms with E-state index in [0.29, 0.717) is 36.5 Å². The van der Waals surface area contributed by atoms with Crippen LogP contribution in [0.5, 0.6) is 0 Å². The van der Waals surface area contributed by atoms with E-state index in [9.17, 15) is 19.6 Å². The van der Waals surface area contributed by atoms with Crippen LogP contribution in [0.4, 0.5) is 0 Å². The molecule has 2 aromatic rings. The Kier molecular flexibility index (Phi) is 9.00. The van der Waals surface area contributed by atoms with Gasteiger partial charge in [-0.15, -0.1) is 0 Å². The molecular weight excluding hydrogens is 442 g/mol. The van der Waals surface area contributed by atoms with Crippen LogP contribution in [0.1, 0.15) is 43.2 Å². The second kappa shape index (κ2) is 11.9. The third kappa shape index (κ3) is 6.19. The molecule has 1 heterocycles. The van der Waals surface area contributed by atoms with E-state index in [1.807, 2.05) is 30.3 Å². The van der Waals surface area contributed by atoms with Gasteiger partial charge in [-0.05, 0) is 49.1 Å². The predicted molar refractivity (Wildman–Crippen MR) is 126 cm³/mol. The molecule has 176 valence electrons. The molecule has 8 heteroatoms. The van der Waals surface area contributed by atoms with Gasteiger partial charge in [-0.25, -0.2) is 5.48 Å². The first-order valence-corrected chi connectivity index (χ1v) is 11.6. The van der Waals surface area contributed by atoms with Crippen LogP contribution in [0.15, 0.2) is 54.6 Å². The number of hydroxylamine groups is 1. The number of amides is 2. The highest BCUT2D eigenvalue weighted by Crippen LogP contribution is 2.35. The van der Waals surface area contributed by atoms with Crippen LogP contribution in [0.3, 0.4) is 0 Å². The van der Waals surface area contributed by atoms with Crippen LogP contribution >= 0.6 is 11.6 Å². The summed E-state index contributed by atoms with van der Waals surface area (Å²) in [4.78, 5) is 39.4. The zero-order valence-corrected chi connectivity index (χ0v) is 19.3. The largest absolute Gasteiger partial charge is 0.351 e. The average Bonchev–Trinajstić information content (AvgIpc) is 2.86. The van der Waals surface area contributed by atoms with Gasteiger partial charge in [-0.3, -0.25) is 19.6 Å². The smallest absolute Gasteiger partial charge is 0.247 e. The topological polar surface area (TPSA) is 108 Å². The van der Waals surface area contributed by atoms with E-state index >= 15 is 0 Å². The Morgan fingerprint density at radius 1 is 1.12 bits per heavy atom. The number of carbonyl (C=O) groups excluding carboxylic acids is 3. The molecule has 1 unspecified atom stereocenters. The maximum absolute atomic E-state index is 13.9. The lowest BCUT2D eigenvalue weighted by atomic mass is 9.73. The van der Waals surface area contributed by atoms with E-state index in [4.69, 9.17) is 11.6 Å². The van der Waals surface area contributed by atoms with Gasteiger partial charge in [0.1, 0.15) is 5.78 Å². The molecule has 0 radical (unpaired) electrons. The molecule has 0 bridgehead atoms. The molecule has 0 aromatic heterocycles. The van der Waals surface area contributed by atoms with Crippen molar-refractivity contribution < 1.29 is 19.6 Å². The van der Waals surface area contributed by atoms with Crippen molar-refractivity contribution >= 4 is 29.2 Å². The van der Waals surface area contributed by atoms with Gasteiger partial charge in [0.05, 0.1) is 17.9 Å². The fraction of sp³-hybridized carbons (Fsp3) is 0.400. The molecular formula is C25H30ClN3O4. The minimum absolute atomic E-state index is 0.195. The first-order valence-electron chi connectivity index (χ1n) is 11.2. The Labute approximate surface area is 198 Å². The molecule has 1 fully saturated rings. The summed E-state index contributed by atoms with van der Waals surface area (Å²) in [5.41, 5.74) is 3.30. The molecule has 4 atom stereocenters. The van der Waals surface area contributed by atoms with Crippen LogP contribution in [-0.4, -0.2) is 35.4 Å². The van der Waals surface area contributed by atoms with Crippen molar-refractivity contribution in [1.82, 2.24) is 16.1 Å². The predicted octanol–water partition coefficient (Wildman–Crippen LogP) is 3.21. The van der Waals surface area contributed by atoms with Gasteiger partial charge < -0.3 is 10.6 Å². The normalized spacial score (nSPS) is 19.8. The van der Waals surface area contributed by atoms with Crippen molar-refractivity contribution in [3.05, 3.63) is 70.7 Å². The number of hydrogen-bond donors (Lipinski definition) is 4. The van der Waals surface area contributed by atoms with Gasteiger partial charge in [0.15, 0.2) is 0 Å². The van der Waals surface area contributed by atoms with Gasteiger partial charge in [0.2, 0.25) is 11.8 Å². The summed E-state index contributed by atoms with van der Waals surface area (Å²) in [6.45, 7) is 2.79. The van der Waals surface area contributed by atoms with Crippen molar-refractivity contribution in [1.29, 1.82) is 0 Å². The second-order valence-corrected chi connectivity index (χ2v) is 8.74. The number of nitrogens with one attached hydrogen (secondary N) is 3. The van der Waals surface area contributed by atoms with Gasteiger partial charge >= 0.3 is 0 Å². The Morgan fingerprint density at radius 2 is 1.82 bits per heavy atom. The fourth-order valence-corrected chi connectivity index (χ4v) is 4.64. The Hall–Kier alpha value is -2.74. The molecule has 3 rings (SSSR count). The fourth-order valence-electron chi connectivity index (χ4n) is 4.52. The second-order valence-electron chi connectivity index (χ2n) is 8.31. The van der Waals surface area contributed by atoms with Gasteiger partial charge in [0.25, 0.3) is 0 Å². The maximum Gasteiger partial charge on any atom is 0.247 e. The summed E-state index contributed by atoms with van der Waals surface area (Å²) in [5.74, 6) is -3.26. The summed E-state index contributed by atoms with van der Waals surface area (Å²) in [6, 6.07) is 15.7. The number of ketones is 1. The lowest BCUT2D eigenvalue weighted by Gasteiger charge is -2.35. The molecule has 0 saturated carbocycles. The highest BCUT2D eigenvalue weighted by molar-refractivity contribution is 6.30. The minimum Gasteiger partial charge on any atom is -0.351 e. The molecule has 2 aromatic carbocycles. The summed E-state index contributed by atoms with van der Waals surface area (Å²) in [6.07, 6.45) is 1.63. The van der Waals surface area contributed by atoms with E-state index in [-0.39, 0.29) is 11.7 Å². The molecule has 1 aliphatic heterocycles. The number of Topliss-reactive ketones (excluding diaryl/α,β-unsaturated/α-hetero) is 1. The third-order valence-corrected chi connectivity index (χ3v) is 6.49. The Morgan fingerprint density at radius 3 is 2.45 bits per heavy atom. The van der Waals surface area contributed by atoms with Gasteiger partial charge in [-0.1, -0.05) is 61.0 Å². The zero-order chi connectivity index (χ0) is 23.8. The van der Waals surface area contributed by atoms with Crippen LogP contribution in [-0.2, 0) is 20.9 Å². The molecule has 0 spiro atoms. The van der Waals surface area contributed by atoms with E-state index in [1.165, 1.54) is 0 Å². The summed E-state index contributed by atoms with van der Waals surface area (Å²) < 4.78 is 0. The summed E-state index contributed by atoms with van der Waals surface area (Å²) in [5, 5.41) is 15.9. The number of benzene rings is 2. The number of hydrogen-bond acceptors (Lipinski definition) is 5. The summed E-state index contributed by atoms with van der Waals surface area (Å²) >= 11 is 6.03. The van der Waals surface area contributed by atoms with E-state index in [0.717, 1.165) is 12.0 Å². The lowest BCUT2D eigenvalue weighted by molar-refractivity contribution is -0.140. The third-order valence-electron chi connectivity index (χ3n) is 6.24. The van der Waals surface area contributed by atoms with Crippen LogP contribution in [0.2, 0.25) is 5.02 Å². The first kappa shape index (κ1) is 24.9. The molecule has 2 amide bonds. The molecule has 1 aliphatic rings. The monoisotopic (exact) mass is 471 g/mol. The molecule has 4 N–H and O–H groups in total. The highest BCUT2D eigenvalue weighted by Gasteiger charge is 2.42. The molecule has 0 aliphatic carbocycles. The van der Waals surface area contributed by atoms with Crippen molar-refractivity contribution in [3.63, 3.8) is 0 Å². The maximum atomic E-state index is 13.9. The lowest BCUT2D eigenvalue weighted by Crippen LogP contribution is -2.55. The Balaban J connectivity index is 1.86. The SMILES string of the molecule is CC[C@H](C(=O)NO)C(C(=O)[C@H]1CCCN[C@@H]1C(=O)NCc1ccccc1)c1ccc(Cl)cc1. The van der Waals surface area contributed by atoms with Crippen molar-refractivity contribution in [2.75, 3.05) is 6.54 Å². The molecule has 7 nitrogen and oxygen atoms in total. The number of rotatable bonds is 9. The van der Waals surface area contributed by atoms with Gasteiger partial charge in [0, 0.05) is 17.5 Å². The van der Waals surface area contributed by atoms with Crippen molar-refractivity contribution in [3.8, 4) is 0 Å². The standard InChI is InChI=1S/C25H30ClN3O4/c1-2-19(24(31)29-33)21(17-10-12-18(26)13-11-17)23(30)20-9-6-14-27-22(20)25(32)28-15-16-7-4-3-5-8-16/h3-5,7-8,10-13,19-22,27,33H,2,6,9,14-15H2,1H3,(H,28,32)(H,29,31)/t19-,20-,21?,22-/m0/s1. The molecule has 1 saturated heterocycles. The summed E-state index contributed by atoms with van der Waals surface area (Å²) in [7, 11) is 0. The number of carbonyl (C=O) groups is 3. The van der Waals surface area contributed by atoms with E-state index in [1.54, 1.807) is 36.7 Å². The first-order chi connectivity index (χ1) is 16.0. The minimum atomic E-state index is -0.811. The van der Waals surface area contributed by atoms with Crippen LogP contribution in [0, 0.1) is 11.8 Å². The van der Waals surface area contributed by atoms with Crippen molar-refractivity contribution in [2.24, 2.45) is 11.8 Å². The highest BCUT2D eigenvalue weighted by atomic mass is 35.5. The van der Waals surface area contributed by atoms with Gasteiger partial charge in [-0.2, -0.15) is 0 Å². The van der Waals surface area contributed by atoms with Crippen molar-refractivity contribution in [2.45, 2.75) is 44.7 Å². The van der Waals surface area contributed by atoms with E-state index < -0.39 is 29.7 Å². The number of piperidine rings is 1.